The number of rotatable bonds is 4. The van der Waals surface area contributed by atoms with Gasteiger partial charge in [0.05, 0.1) is 5.69 Å². The molecule has 0 aliphatic rings. The molecular formula is C16H20Cl3N3O2S. The van der Waals surface area contributed by atoms with Gasteiger partial charge in [-0.1, -0.05) is 67.7 Å². The van der Waals surface area contributed by atoms with Gasteiger partial charge < -0.3 is 16.0 Å². The van der Waals surface area contributed by atoms with Crippen LogP contribution < -0.4 is 16.0 Å². The van der Waals surface area contributed by atoms with Crippen molar-refractivity contribution in [2.75, 3.05) is 5.32 Å². The SMILES string of the molecule is CC(=O)c1ccccc1NC(=S)NC(NC(=O)C(C)(C)C)C(Cl)(Cl)Cl. The number of carbonyl (C=O) groups is 2. The van der Waals surface area contributed by atoms with Gasteiger partial charge in [-0.15, -0.1) is 0 Å². The van der Waals surface area contributed by atoms with Gasteiger partial charge in [-0.3, -0.25) is 9.59 Å². The minimum absolute atomic E-state index is 0.0965. The highest BCUT2D eigenvalue weighted by molar-refractivity contribution is 7.80. The number of thiocarbonyl (C=S) groups is 1. The van der Waals surface area contributed by atoms with Gasteiger partial charge in [0.25, 0.3) is 0 Å². The van der Waals surface area contributed by atoms with Crippen LogP contribution in [0.1, 0.15) is 38.1 Å². The van der Waals surface area contributed by atoms with E-state index in [2.05, 4.69) is 16.0 Å². The van der Waals surface area contributed by atoms with Crippen LogP contribution in [0.15, 0.2) is 24.3 Å². The van der Waals surface area contributed by atoms with E-state index < -0.39 is 15.4 Å². The fraction of sp³-hybridized carbons (Fsp3) is 0.438. The highest BCUT2D eigenvalue weighted by Gasteiger charge is 2.36. The fourth-order valence-corrected chi connectivity index (χ4v) is 2.29. The van der Waals surface area contributed by atoms with E-state index in [-0.39, 0.29) is 16.8 Å². The molecule has 9 heteroatoms. The zero-order valence-electron chi connectivity index (χ0n) is 14.2. The second-order valence-electron chi connectivity index (χ2n) is 6.40. The lowest BCUT2D eigenvalue weighted by Gasteiger charge is -2.30. The standard InChI is InChI=1S/C16H20Cl3N3O2S/c1-9(23)10-7-5-6-8-11(10)20-14(25)22-12(16(17,18)19)21-13(24)15(2,3)4/h5-8,12H,1-4H3,(H,21,24)(H2,20,22,25). The van der Waals surface area contributed by atoms with Gasteiger partial charge >= 0.3 is 0 Å². The molecule has 3 N–H and O–H groups in total. The Hall–Kier alpha value is -1.08. The number of ketones is 1. The van der Waals surface area contributed by atoms with Gasteiger partial charge in [0, 0.05) is 11.0 Å². The van der Waals surface area contributed by atoms with Crippen molar-refractivity contribution in [2.45, 2.75) is 37.7 Å². The molecule has 0 aliphatic carbocycles. The van der Waals surface area contributed by atoms with Crippen molar-refractivity contribution in [3.8, 4) is 0 Å². The number of hydrogen-bond acceptors (Lipinski definition) is 3. The third kappa shape index (κ3) is 6.98. The van der Waals surface area contributed by atoms with Crippen molar-refractivity contribution in [3.63, 3.8) is 0 Å². The highest BCUT2D eigenvalue weighted by atomic mass is 35.6. The van der Waals surface area contributed by atoms with Crippen LogP contribution >= 0.6 is 47.0 Å². The van der Waals surface area contributed by atoms with Crippen LogP contribution in [0.25, 0.3) is 0 Å². The molecule has 1 amide bonds. The summed E-state index contributed by atoms with van der Waals surface area (Å²) in [5, 5.41) is 8.34. The van der Waals surface area contributed by atoms with Gasteiger partial charge in [-0.25, -0.2) is 0 Å². The minimum atomic E-state index is -1.84. The van der Waals surface area contributed by atoms with Crippen LogP contribution in [0, 0.1) is 5.41 Å². The zero-order chi connectivity index (χ0) is 19.4. The second-order valence-corrected chi connectivity index (χ2v) is 9.18. The molecule has 0 aromatic heterocycles. The largest absolute Gasteiger partial charge is 0.339 e. The summed E-state index contributed by atoms with van der Waals surface area (Å²) < 4.78 is -1.84. The number of amides is 1. The quantitative estimate of drug-likeness (QED) is 0.294. The number of para-hydroxylation sites is 1. The zero-order valence-corrected chi connectivity index (χ0v) is 17.3. The van der Waals surface area contributed by atoms with E-state index in [1.54, 1.807) is 45.0 Å². The van der Waals surface area contributed by atoms with Crippen LogP contribution in [0.2, 0.25) is 0 Å². The van der Waals surface area contributed by atoms with Crippen molar-refractivity contribution in [2.24, 2.45) is 5.41 Å². The van der Waals surface area contributed by atoms with Crippen molar-refractivity contribution in [1.82, 2.24) is 10.6 Å². The number of Topliss-reactive ketones (excluding diaryl/α,β-unsaturated/α-hetero) is 1. The van der Waals surface area contributed by atoms with Crippen LogP contribution in [-0.2, 0) is 4.79 Å². The van der Waals surface area contributed by atoms with Gasteiger partial charge in [0.2, 0.25) is 9.70 Å². The summed E-state index contributed by atoms with van der Waals surface area (Å²) in [6.07, 6.45) is -1.06. The Bertz CT molecular complexity index is 669. The van der Waals surface area contributed by atoms with E-state index in [0.717, 1.165) is 0 Å². The summed E-state index contributed by atoms with van der Waals surface area (Å²) in [6, 6.07) is 6.86. The third-order valence-corrected chi connectivity index (χ3v) is 3.99. The Labute approximate surface area is 167 Å². The molecule has 0 saturated heterocycles. The Morgan fingerprint density at radius 3 is 2.12 bits per heavy atom. The van der Waals surface area contributed by atoms with Crippen molar-refractivity contribution in [1.29, 1.82) is 0 Å². The summed E-state index contributed by atoms with van der Waals surface area (Å²) >= 11 is 23.0. The average Bonchev–Trinajstić information content (AvgIpc) is 2.44. The molecule has 5 nitrogen and oxygen atoms in total. The van der Waals surface area contributed by atoms with Gasteiger partial charge in [0.15, 0.2) is 10.9 Å². The van der Waals surface area contributed by atoms with E-state index in [1.165, 1.54) is 6.92 Å². The summed E-state index contributed by atoms with van der Waals surface area (Å²) in [6.45, 7) is 6.65. The molecule has 1 aromatic rings. The Morgan fingerprint density at radius 1 is 1.08 bits per heavy atom. The summed E-state index contributed by atoms with van der Waals surface area (Å²) in [4.78, 5) is 23.8. The molecule has 0 aliphatic heterocycles. The number of carbonyl (C=O) groups excluding carboxylic acids is 2. The molecule has 25 heavy (non-hydrogen) atoms. The number of hydrogen-bond donors (Lipinski definition) is 3. The van der Waals surface area contributed by atoms with Gasteiger partial charge in [0.1, 0.15) is 6.17 Å². The number of halogens is 3. The second kappa shape index (κ2) is 8.54. The lowest BCUT2D eigenvalue weighted by molar-refractivity contribution is -0.129. The van der Waals surface area contributed by atoms with E-state index in [4.69, 9.17) is 47.0 Å². The molecule has 1 atom stereocenters. The third-order valence-electron chi connectivity index (χ3n) is 3.11. The fourth-order valence-electron chi connectivity index (χ4n) is 1.74. The molecule has 0 radical (unpaired) electrons. The predicted molar refractivity (Wildman–Crippen MR) is 107 cm³/mol. The maximum atomic E-state index is 12.2. The van der Waals surface area contributed by atoms with E-state index in [0.29, 0.717) is 11.3 Å². The first kappa shape index (κ1) is 22.0. The van der Waals surface area contributed by atoms with Crippen molar-refractivity contribution in [3.05, 3.63) is 29.8 Å². The molecule has 0 spiro atoms. The highest BCUT2D eigenvalue weighted by Crippen LogP contribution is 2.30. The van der Waals surface area contributed by atoms with E-state index in [9.17, 15) is 9.59 Å². The topological polar surface area (TPSA) is 70.2 Å². The molecule has 0 bridgehead atoms. The molecule has 0 heterocycles. The van der Waals surface area contributed by atoms with E-state index in [1.807, 2.05) is 0 Å². The summed E-state index contributed by atoms with van der Waals surface area (Å²) in [5.41, 5.74) is 0.306. The average molecular weight is 425 g/mol. The maximum absolute atomic E-state index is 12.2. The predicted octanol–water partition coefficient (Wildman–Crippen LogP) is 4.03. The smallest absolute Gasteiger partial charge is 0.228 e. The van der Waals surface area contributed by atoms with Crippen molar-refractivity contribution < 1.29 is 9.59 Å². The normalized spacial score (nSPS) is 12.9. The molecule has 1 aromatic carbocycles. The maximum Gasteiger partial charge on any atom is 0.228 e. The minimum Gasteiger partial charge on any atom is -0.339 e. The van der Waals surface area contributed by atoms with Crippen LogP contribution in [0.5, 0.6) is 0 Å². The lowest BCUT2D eigenvalue weighted by atomic mass is 9.95. The van der Waals surface area contributed by atoms with Gasteiger partial charge in [-0.2, -0.15) is 0 Å². The van der Waals surface area contributed by atoms with Crippen LogP contribution in [-0.4, -0.2) is 26.8 Å². The molecular weight excluding hydrogens is 405 g/mol. The number of nitrogens with one attached hydrogen (secondary N) is 3. The number of benzene rings is 1. The number of alkyl halides is 3. The van der Waals surface area contributed by atoms with E-state index >= 15 is 0 Å². The summed E-state index contributed by atoms with van der Waals surface area (Å²) in [5.74, 6) is -0.437. The molecule has 0 saturated carbocycles. The van der Waals surface area contributed by atoms with Crippen LogP contribution in [0.3, 0.4) is 0 Å². The Kier molecular flexibility index (Phi) is 7.50. The Balaban J connectivity index is 2.90. The molecule has 1 unspecified atom stereocenters. The number of anilines is 1. The van der Waals surface area contributed by atoms with Gasteiger partial charge in [-0.05, 0) is 31.3 Å². The molecule has 0 fully saturated rings. The summed E-state index contributed by atoms with van der Waals surface area (Å²) in [7, 11) is 0. The lowest BCUT2D eigenvalue weighted by Crippen LogP contribution is -2.58. The first-order valence-corrected chi connectivity index (χ1v) is 8.91. The van der Waals surface area contributed by atoms with Crippen molar-refractivity contribution >= 4 is 69.5 Å². The van der Waals surface area contributed by atoms with Crippen LogP contribution in [0.4, 0.5) is 5.69 Å². The first-order valence-electron chi connectivity index (χ1n) is 7.37. The first-order chi connectivity index (χ1) is 11.3. The monoisotopic (exact) mass is 423 g/mol. The molecule has 1 rings (SSSR count). The molecule has 138 valence electrons. The Morgan fingerprint density at radius 2 is 1.64 bits per heavy atom.